The third-order valence-electron chi connectivity index (χ3n) is 3.32. The molecule has 5 nitrogen and oxygen atoms in total. The van der Waals surface area contributed by atoms with E-state index in [2.05, 4.69) is 5.32 Å². The van der Waals surface area contributed by atoms with E-state index < -0.39 is 0 Å². The van der Waals surface area contributed by atoms with Crippen molar-refractivity contribution in [3.05, 3.63) is 38.3 Å². The van der Waals surface area contributed by atoms with Crippen LogP contribution >= 0.6 is 23.5 Å². The Balaban J connectivity index is 1.91. The molecule has 0 bridgehead atoms. The van der Waals surface area contributed by atoms with E-state index in [4.69, 9.17) is 9.47 Å². The predicted octanol–water partition coefficient (Wildman–Crippen LogP) is 2.76. The Kier molecular flexibility index (Phi) is 2.97. The van der Waals surface area contributed by atoms with Crippen LogP contribution in [0.5, 0.6) is 11.5 Å². The van der Waals surface area contributed by atoms with Crippen LogP contribution in [-0.4, -0.2) is 24.9 Å². The van der Waals surface area contributed by atoms with Crippen LogP contribution in [0.15, 0.2) is 32.8 Å². The number of fused-ring (bicyclic) bond motifs is 3. The smallest absolute Gasteiger partial charge is 0.231 e. The average Bonchev–Trinajstić information content (AvgIpc) is 3.13. The summed E-state index contributed by atoms with van der Waals surface area (Å²) in [5, 5.41) is 6.74. The molecule has 0 spiro atoms. The second-order valence-corrected chi connectivity index (χ2v) is 6.59. The molecule has 0 fully saturated rings. The number of thioether (sulfide) groups is 2. The molecule has 3 aliphatic rings. The van der Waals surface area contributed by atoms with Gasteiger partial charge >= 0.3 is 0 Å². The number of Topliss-reactive ketones (excluding diaryl/α,β-unsaturated/α-hetero) is 2. The van der Waals surface area contributed by atoms with Gasteiger partial charge in [0.25, 0.3) is 0 Å². The van der Waals surface area contributed by atoms with E-state index in [0.717, 1.165) is 4.24 Å². The van der Waals surface area contributed by atoms with Gasteiger partial charge in [-0.1, -0.05) is 23.5 Å². The number of ketones is 2. The molecule has 0 saturated carbocycles. The van der Waals surface area contributed by atoms with Crippen LogP contribution in [0.1, 0.15) is 10.4 Å². The molecule has 1 N–H and O–H groups in total. The minimum absolute atomic E-state index is 0.0873. The summed E-state index contributed by atoms with van der Waals surface area (Å²) in [6, 6.07) is 3.49. The van der Waals surface area contributed by atoms with E-state index in [1.54, 1.807) is 12.1 Å². The van der Waals surface area contributed by atoms with Gasteiger partial charge in [0.2, 0.25) is 12.6 Å². The monoisotopic (exact) mass is 319 g/mol. The molecule has 0 aromatic heterocycles. The number of rotatable bonds is 0. The van der Waals surface area contributed by atoms with Crippen molar-refractivity contribution in [2.75, 3.05) is 18.7 Å². The summed E-state index contributed by atoms with van der Waals surface area (Å²) in [5.74, 6) is 0.440. The molecule has 0 radical (unpaired) electrons. The lowest BCUT2D eigenvalue weighted by Crippen LogP contribution is -2.17. The highest BCUT2D eigenvalue weighted by molar-refractivity contribution is 8.27. The van der Waals surface area contributed by atoms with Crippen molar-refractivity contribution in [3.63, 3.8) is 0 Å². The van der Waals surface area contributed by atoms with Crippen LogP contribution in [0, 0.1) is 0 Å². The zero-order valence-electron chi connectivity index (χ0n) is 10.7. The average molecular weight is 319 g/mol. The summed E-state index contributed by atoms with van der Waals surface area (Å²) in [6.45, 7) is 0.183. The van der Waals surface area contributed by atoms with E-state index in [1.807, 2.05) is 10.8 Å². The standard InChI is InChI=1S/C14H9NO4S2/c16-8-5-15-7-1-2-9-13(19-6-18-9)10(7)12(17)11(8)14-20-3-4-21-14/h1-4,15H,5-6H2. The zero-order chi connectivity index (χ0) is 14.4. The highest BCUT2D eigenvalue weighted by atomic mass is 32.2. The third kappa shape index (κ3) is 1.96. The first-order chi connectivity index (χ1) is 10.3. The van der Waals surface area contributed by atoms with Gasteiger partial charge in [-0.2, -0.15) is 0 Å². The first kappa shape index (κ1) is 12.8. The van der Waals surface area contributed by atoms with Crippen molar-refractivity contribution in [3.8, 4) is 11.5 Å². The minimum Gasteiger partial charge on any atom is -0.454 e. The Bertz CT molecular complexity index is 729. The summed E-state index contributed by atoms with van der Waals surface area (Å²) in [4.78, 5) is 25.2. The lowest BCUT2D eigenvalue weighted by molar-refractivity contribution is -0.113. The fraction of sp³-hybridized carbons (Fsp3) is 0.143. The maximum Gasteiger partial charge on any atom is 0.231 e. The van der Waals surface area contributed by atoms with Crippen molar-refractivity contribution >= 4 is 40.8 Å². The van der Waals surface area contributed by atoms with Gasteiger partial charge in [0.15, 0.2) is 17.3 Å². The third-order valence-corrected chi connectivity index (χ3v) is 5.45. The molecule has 106 valence electrons. The molecule has 0 aliphatic carbocycles. The van der Waals surface area contributed by atoms with Crippen molar-refractivity contribution in [2.24, 2.45) is 0 Å². The van der Waals surface area contributed by atoms with Gasteiger partial charge in [-0.3, -0.25) is 9.59 Å². The molecule has 0 amide bonds. The number of ether oxygens (including phenoxy) is 2. The van der Waals surface area contributed by atoms with E-state index >= 15 is 0 Å². The first-order valence-electron chi connectivity index (χ1n) is 6.22. The van der Waals surface area contributed by atoms with Crippen LogP contribution in [0.4, 0.5) is 5.69 Å². The molecule has 3 heterocycles. The molecule has 1 aromatic carbocycles. The molecule has 7 heteroatoms. The fourth-order valence-electron chi connectivity index (χ4n) is 2.39. The van der Waals surface area contributed by atoms with Crippen LogP contribution in [0.3, 0.4) is 0 Å². The van der Waals surface area contributed by atoms with Crippen LogP contribution in [0.2, 0.25) is 0 Å². The van der Waals surface area contributed by atoms with Crippen molar-refractivity contribution < 1.29 is 19.1 Å². The Morgan fingerprint density at radius 1 is 1.10 bits per heavy atom. The largest absolute Gasteiger partial charge is 0.454 e. The van der Waals surface area contributed by atoms with Gasteiger partial charge < -0.3 is 14.8 Å². The van der Waals surface area contributed by atoms with Gasteiger partial charge in [0.05, 0.1) is 21.9 Å². The maximum atomic E-state index is 12.9. The van der Waals surface area contributed by atoms with Crippen molar-refractivity contribution in [1.82, 2.24) is 0 Å². The van der Waals surface area contributed by atoms with Gasteiger partial charge in [0, 0.05) is 5.69 Å². The summed E-state index contributed by atoms with van der Waals surface area (Å²) < 4.78 is 11.5. The summed E-state index contributed by atoms with van der Waals surface area (Å²) in [6.07, 6.45) is 0. The van der Waals surface area contributed by atoms with E-state index in [1.165, 1.54) is 23.5 Å². The van der Waals surface area contributed by atoms with Crippen LogP contribution in [0.25, 0.3) is 0 Å². The van der Waals surface area contributed by atoms with E-state index in [-0.39, 0.29) is 30.5 Å². The fourth-order valence-corrected chi connectivity index (χ4v) is 4.29. The number of anilines is 1. The number of nitrogens with one attached hydrogen (secondary N) is 1. The molecule has 0 atom stereocenters. The van der Waals surface area contributed by atoms with Gasteiger partial charge in [0.1, 0.15) is 0 Å². The number of hydrogen-bond acceptors (Lipinski definition) is 7. The lowest BCUT2D eigenvalue weighted by Gasteiger charge is -2.09. The summed E-state index contributed by atoms with van der Waals surface area (Å²) >= 11 is 2.79. The van der Waals surface area contributed by atoms with Gasteiger partial charge in [-0.25, -0.2) is 0 Å². The molecule has 4 rings (SSSR count). The SMILES string of the molecule is O=C1CNc2ccc3c(c2C(=O)C1=C1SC=CS1)OCO3. The van der Waals surface area contributed by atoms with Gasteiger partial charge in [-0.05, 0) is 22.9 Å². The number of carbonyl (C=O) groups excluding carboxylic acids is 2. The quantitative estimate of drug-likeness (QED) is 0.582. The van der Waals surface area contributed by atoms with Gasteiger partial charge in [-0.15, -0.1) is 0 Å². The Morgan fingerprint density at radius 2 is 1.90 bits per heavy atom. The summed E-state index contributed by atoms with van der Waals surface area (Å²) in [5.41, 5.74) is 1.21. The second kappa shape index (κ2) is 4.85. The Labute approximate surface area is 128 Å². The van der Waals surface area contributed by atoms with Crippen LogP contribution < -0.4 is 14.8 Å². The topological polar surface area (TPSA) is 64.6 Å². The number of hydrogen-bond donors (Lipinski definition) is 1. The summed E-state index contributed by atoms with van der Waals surface area (Å²) in [7, 11) is 0. The first-order valence-corrected chi connectivity index (χ1v) is 7.98. The highest BCUT2D eigenvalue weighted by Gasteiger charge is 2.35. The number of carbonyl (C=O) groups is 2. The normalized spacial score (nSPS) is 19.6. The minimum atomic E-state index is -0.305. The molecule has 3 aliphatic heterocycles. The maximum absolute atomic E-state index is 12.9. The highest BCUT2D eigenvalue weighted by Crippen LogP contribution is 2.45. The molecule has 0 saturated heterocycles. The zero-order valence-corrected chi connectivity index (χ0v) is 12.3. The molecular weight excluding hydrogens is 310 g/mol. The van der Waals surface area contributed by atoms with Crippen molar-refractivity contribution in [1.29, 1.82) is 0 Å². The van der Waals surface area contributed by atoms with Crippen LogP contribution in [-0.2, 0) is 4.79 Å². The molecule has 21 heavy (non-hydrogen) atoms. The predicted molar refractivity (Wildman–Crippen MR) is 81.7 cm³/mol. The van der Waals surface area contributed by atoms with E-state index in [9.17, 15) is 9.59 Å². The number of benzene rings is 1. The van der Waals surface area contributed by atoms with E-state index in [0.29, 0.717) is 22.7 Å². The molecular formula is C14H9NO4S2. The second-order valence-electron chi connectivity index (χ2n) is 4.50. The molecule has 1 aromatic rings. The molecule has 0 unspecified atom stereocenters. The van der Waals surface area contributed by atoms with Crippen molar-refractivity contribution in [2.45, 2.75) is 0 Å². The Hall–Kier alpha value is -1.86. The lowest BCUT2D eigenvalue weighted by atomic mass is 10.0. The Morgan fingerprint density at radius 3 is 2.71 bits per heavy atom.